The number of amides is 1. The Kier molecular flexibility index (Phi) is 5.89. The van der Waals surface area contributed by atoms with Gasteiger partial charge in [-0.05, 0) is 31.4 Å². The molecule has 2 atom stereocenters. The summed E-state index contributed by atoms with van der Waals surface area (Å²) in [5.74, 6) is 0.678. The number of hydrogen-bond acceptors (Lipinski definition) is 4. The fourth-order valence-corrected chi connectivity index (χ4v) is 3.41. The third-order valence-electron chi connectivity index (χ3n) is 4.74. The molecule has 2 aromatic rings. The molecule has 5 heteroatoms. The van der Waals surface area contributed by atoms with Gasteiger partial charge in [-0.2, -0.15) is 0 Å². The Balaban J connectivity index is 1.78. The molecule has 0 aliphatic carbocycles. The third-order valence-corrected chi connectivity index (χ3v) is 4.74. The van der Waals surface area contributed by atoms with Crippen LogP contribution in [0, 0.1) is 6.92 Å². The highest BCUT2D eigenvalue weighted by atomic mass is 16.5. The first kappa shape index (κ1) is 17.7. The number of hydrogen-bond donors (Lipinski definition) is 0. The van der Waals surface area contributed by atoms with Gasteiger partial charge >= 0.3 is 0 Å². The van der Waals surface area contributed by atoms with Gasteiger partial charge in [-0.1, -0.05) is 30.3 Å². The first-order valence-corrected chi connectivity index (χ1v) is 8.70. The Morgan fingerprint density at radius 3 is 2.72 bits per heavy atom. The predicted octanol–water partition coefficient (Wildman–Crippen LogP) is 3.08. The lowest BCUT2D eigenvalue weighted by molar-refractivity contribution is 0.000473. The van der Waals surface area contributed by atoms with Crippen molar-refractivity contribution in [1.82, 2.24) is 4.90 Å². The number of nitrogens with zero attached hydrogens (tertiary/aromatic N) is 1. The minimum absolute atomic E-state index is 0.0149. The van der Waals surface area contributed by atoms with E-state index in [1.54, 1.807) is 19.4 Å². The van der Waals surface area contributed by atoms with Crippen LogP contribution in [0.3, 0.4) is 0 Å². The summed E-state index contributed by atoms with van der Waals surface area (Å²) in [4.78, 5) is 14.9. The van der Waals surface area contributed by atoms with E-state index in [4.69, 9.17) is 13.9 Å². The Hall–Kier alpha value is -2.11. The molecule has 5 nitrogen and oxygen atoms in total. The number of benzene rings is 1. The summed E-state index contributed by atoms with van der Waals surface area (Å²) in [6.45, 7) is 3.61. The molecule has 2 heterocycles. The van der Waals surface area contributed by atoms with Crippen LogP contribution in [0.25, 0.3) is 0 Å². The zero-order valence-electron chi connectivity index (χ0n) is 14.8. The lowest BCUT2D eigenvalue weighted by Crippen LogP contribution is -2.42. The number of likely N-dealkylation sites (tertiary alicyclic amines) is 1. The van der Waals surface area contributed by atoms with E-state index in [9.17, 15) is 4.79 Å². The molecule has 0 N–H and O–H groups in total. The van der Waals surface area contributed by atoms with Crippen molar-refractivity contribution < 1.29 is 18.7 Å². The second-order valence-electron chi connectivity index (χ2n) is 6.34. The maximum atomic E-state index is 13.0. The Morgan fingerprint density at radius 2 is 2.04 bits per heavy atom. The molecule has 1 aromatic heterocycles. The number of rotatable bonds is 7. The fraction of sp³-hybridized carbons (Fsp3) is 0.450. The summed E-state index contributed by atoms with van der Waals surface area (Å²) in [5.41, 5.74) is 1.84. The van der Waals surface area contributed by atoms with Crippen LogP contribution in [-0.2, 0) is 15.9 Å². The van der Waals surface area contributed by atoms with Gasteiger partial charge in [0.1, 0.15) is 5.76 Å². The fourth-order valence-electron chi connectivity index (χ4n) is 3.41. The maximum absolute atomic E-state index is 13.0. The molecule has 1 fully saturated rings. The van der Waals surface area contributed by atoms with Crippen LogP contribution < -0.4 is 0 Å². The normalized spacial score (nSPS) is 20.2. The lowest BCUT2D eigenvalue weighted by atomic mass is 10.0. The average molecular weight is 343 g/mol. The van der Waals surface area contributed by atoms with Gasteiger partial charge in [-0.3, -0.25) is 4.79 Å². The quantitative estimate of drug-likeness (QED) is 0.725. The van der Waals surface area contributed by atoms with Crippen LogP contribution in [-0.4, -0.2) is 49.8 Å². The van der Waals surface area contributed by atoms with Crippen LogP contribution in [0.5, 0.6) is 0 Å². The molecule has 1 amide bonds. The molecule has 1 aliphatic rings. The molecule has 1 saturated heterocycles. The SMILES string of the molecule is COCCO[C@@H]1CCN(C(=O)c2ccoc2C)[C@H]1Cc1ccccc1. The van der Waals surface area contributed by atoms with Gasteiger partial charge in [0.15, 0.2) is 0 Å². The van der Waals surface area contributed by atoms with Gasteiger partial charge in [0.05, 0.1) is 37.2 Å². The number of methoxy groups -OCH3 is 1. The highest BCUT2D eigenvalue weighted by Gasteiger charge is 2.38. The zero-order valence-corrected chi connectivity index (χ0v) is 14.8. The minimum atomic E-state index is 0.0149. The summed E-state index contributed by atoms with van der Waals surface area (Å²) in [7, 11) is 1.66. The van der Waals surface area contributed by atoms with Crippen molar-refractivity contribution in [2.24, 2.45) is 0 Å². The largest absolute Gasteiger partial charge is 0.469 e. The van der Waals surface area contributed by atoms with Crippen LogP contribution >= 0.6 is 0 Å². The Bertz CT molecular complexity index is 682. The van der Waals surface area contributed by atoms with Gasteiger partial charge in [-0.15, -0.1) is 0 Å². The van der Waals surface area contributed by atoms with Crippen LogP contribution in [0.4, 0.5) is 0 Å². The van der Waals surface area contributed by atoms with Crippen molar-refractivity contribution in [3.63, 3.8) is 0 Å². The summed E-state index contributed by atoms with van der Waals surface area (Å²) < 4.78 is 16.4. The van der Waals surface area contributed by atoms with Crippen LogP contribution in [0.2, 0.25) is 0 Å². The Morgan fingerprint density at radius 1 is 1.24 bits per heavy atom. The molecule has 25 heavy (non-hydrogen) atoms. The average Bonchev–Trinajstić information content (AvgIpc) is 3.22. The molecule has 3 rings (SSSR count). The minimum Gasteiger partial charge on any atom is -0.469 e. The van der Waals surface area contributed by atoms with Crippen molar-refractivity contribution in [3.8, 4) is 0 Å². The monoisotopic (exact) mass is 343 g/mol. The van der Waals surface area contributed by atoms with Gasteiger partial charge in [0.25, 0.3) is 5.91 Å². The second-order valence-corrected chi connectivity index (χ2v) is 6.34. The summed E-state index contributed by atoms with van der Waals surface area (Å²) in [6, 6.07) is 12.0. The highest BCUT2D eigenvalue weighted by molar-refractivity contribution is 5.95. The summed E-state index contributed by atoms with van der Waals surface area (Å²) >= 11 is 0. The van der Waals surface area contributed by atoms with Gasteiger partial charge < -0.3 is 18.8 Å². The van der Waals surface area contributed by atoms with Crippen LogP contribution in [0.1, 0.15) is 28.1 Å². The van der Waals surface area contributed by atoms with E-state index in [0.29, 0.717) is 31.1 Å². The van der Waals surface area contributed by atoms with Gasteiger partial charge in [0, 0.05) is 13.7 Å². The van der Waals surface area contributed by atoms with Gasteiger partial charge in [-0.25, -0.2) is 0 Å². The molecule has 0 saturated carbocycles. The van der Waals surface area contributed by atoms with Crippen molar-refractivity contribution in [1.29, 1.82) is 0 Å². The van der Waals surface area contributed by atoms with Gasteiger partial charge in [0.2, 0.25) is 0 Å². The van der Waals surface area contributed by atoms with Crippen molar-refractivity contribution in [3.05, 3.63) is 59.5 Å². The standard InChI is InChI=1S/C20H25NO4/c1-15-17(9-11-24-15)20(22)21-10-8-19(25-13-12-23-2)18(21)14-16-6-4-3-5-7-16/h3-7,9,11,18-19H,8,10,12-14H2,1-2H3/t18-,19+/m0/s1. The smallest absolute Gasteiger partial charge is 0.257 e. The number of aryl methyl sites for hydroxylation is 1. The first-order valence-electron chi connectivity index (χ1n) is 8.70. The van der Waals surface area contributed by atoms with Crippen LogP contribution in [0.15, 0.2) is 47.1 Å². The third kappa shape index (κ3) is 4.11. The molecule has 1 aromatic carbocycles. The first-order chi connectivity index (χ1) is 12.2. The molecule has 134 valence electrons. The van der Waals surface area contributed by atoms with Crippen molar-refractivity contribution in [2.75, 3.05) is 26.9 Å². The Labute approximate surface area is 148 Å². The predicted molar refractivity (Wildman–Crippen MR) is 94.6 cm³/mol. The van der Waals surface area contributed by atoms with Crippen molar-refractivity contribution in [2.45, 2.75) is 31.9 Å². The van der Waals surface area contributed by atoms with Crippen molar-refractivity contribution >= 4 is 5.91 Å². The lowest BCUT2D eigenvalue weighted by Gasteiger charge is -2.28. The summed E-state index contributed by atoms with van der Waals surface area (Å²) in [5, 5.41) is 0. The number of ether oxygens (including phenoxy) is 2. The molecular formula is C20H25NO4. The molecule has 0 bridgehead atoms. The van der Waals surface area contributed by atoms with E-state index in [2.05, 4.69) is 12.1 Å². The van der Waals surface area contributed by atoms with E-state index in [0.717, 1.165) is 12.8 Å². The molecule has 0 unspecified atom stereocenters. The topological polar surface area (TPSA) is 51.9 Å². The van der Waals surface area contributed by atoms with E-state index < -0.39 is 0 Å². The van der Waals surface area contributed by atoms with E-state index >= 15 is 0 Å². The number of carbonyl (C=O) groups excluding carboxylic acids is 1. The maximum Gasteiger partial charge on any atom is 0.257 e. The number of furan rings is 1. The molecule has 1 aliphatic heterocycles. The molecule has 0 radical (unpaired) electrons. The highest BCUT2D eigenvalue weighted by Crippen LogP contribution is 2.27. The number of carbonyl (C=O) groups is 1. The zero-order chi connectivity index (χ0) is 17.6. The molecule has 0 spiro atoms. The summed E-state index contributed by atoms with van der Waals surface area (Å²) in [6.07, 6.45) is 3.20. The van der Waals surface area contributed by atoms with E-state index in [1.807, 2.05) is 30.0 Å². The van der Waals surface area contributed by atoms with E-state index in [-0.39, 0.29) is 18.1 Å². The second kappa shape index (κ2) is 8.32. The van der Waals surface area contributed by atoms with E-state index in [1.165, 1.54) is 5.56 Å². The molecular weight excluding hydrogens is 318 g/mol.